The molecule has 2 fully saturated rings. The van der Waals surface area contributed by atoms with Crippen molar-refractivity contribution < 1.29 is 19.1 Å². The first-order chi connectivity index (χ1) is 17.1. The third kappa shape index (κ3) is 6.86. The highest BCUT2D eigenvalue weighted by atomic mass is 16.6. The minimum absolute atomic E-state index is 0.0355. The zero-order valence-electron chi connectivity index (χ0n) is 21.7. The number of hydrogen-bond acceptors (Lipinski definition) is 4. The van der Waals surface area contributed by atoms with E-state index in [1.807, 2.05) is 70.2 Å². The van der Waals surface area contributed by atoms with E-state index < -0.39 is 5.60 Å². The summed E-state index contributed by atoms with van der Waals surface area (Å²) < 4.78 is 5.45. The first-order valence-electron chi connectivity index (χ1n) is 12.9. The molecule has 4 rings (SSSR count). The first-order valence-corrected chi connectivity index (χ1v) is 12.9. The van der Waals surface area contributed by atoms with E-state index in [-0.39, 0.29) is 17.9 Å². The molecule has 0 bridgehead atoms. The molecule has 3 amide bonds. The molecule has 192 valence electrons. The van der Waals surface area contributed by atoms with E-state index in [9.17, 15) is 14.4 Å². The Bertz CT molecular complexity index is 1110. The van der Waals surface area contributed by atoms with Gasteiger partial charge in [0.2, 0.25) is 0 Å². The molecule has 0 aromatic heterocycles. The van der Waals surface area contributed by atoms with Crippen LogP contribution in [0.3, 0.4) is 0 Å². The van der Waals surface area contributed by atoms with Crippen molar-refractivity contribution in [3.63, 3.8) is 0 Å². The van der Waals surface area contributed by atoms with E-state index in [4.69, 9.17) is 4.74 Å². The summed E-state index contributed by atoms with van der Waals surface area (Å²) in [5.74, 6) is 0.191. The van der Waals surface area contributed by atoms with Crippen molar-refractivity contribution in [2.45, 2.75) is 65.0 Å². The second kappa shape index (κ2) is 10.7. The predicted molar refractivity (Wildman–Crippen MR) is 140 cm³/mol. The number of nitrogens with one attached hydrogen (secondary N) is 2. The molecule has 0 spiro atoms. The van der Waals surface area contributed by atoms with Crippen molar-refractivity contribution in [1.29, 1.82) is 0 Å². The van der Waals surface area contributed by atoms with Crippen LogP contribution in [-0.2, 0) is 4.74 Å². The number of piperidine rings is 1. The molecule has 1 aliphatic heterocycles. The molecule has 7 nitrogen and oxygen atoms in total. The van der Waals surface area contributed by atoms with Gasteiger partial charge < -0.3 is 20.3 Å². The van der Waals surface area contributed by atoms with Gasteiger partial charge in [-0.15, -0.1) is 0 Å². The molecule has 2 N–H and O–H groups in total. The number of likely N-dealkylation sites (tertiary alicyclic amines) is 1. The normalized spacial score (nSPS) is 16.4. The van der Waals surface area contributed by atoms with Gasteiger partial charge in [-0.3, -0.25) is 9.59 Å². The van der Waals surface area contributed by atoms with Crippen LogP contribution in [-0.4, -0.2) is 54.1 Å². The number of aryl methyl sites for hydroxylation is 1. The Labute approximate surface area is 213 Å². The number of ether oxygens (including phenoxy) is 1. The summed E-state index contributed by atoms with van der Waals surface area (Å²) in [6.45, 7) is 9.49. The summed E-state index contributed by atoms with van der Waals surface area (Å²) in [6.07, 6.45) is 3.51. The molecular weight excluding hydrogens is 454 g/mol. The van der Waals surface area contributed by atoms with E-state index in [1.165, 1.54) is 0 Å². The second-order valence-corrected chi connectivity index (χ2v) is 11.0. The second-order valence-electron chi connectivity index (χ2n) is 11.0. The molecule has 1 saturated heterocycles. The Hall–Kier alpha value is -3.35. The lowest BCUT2D eigenvalue weighted by Crippen LogP contribution is -2.43. The van der Waals surface area contributed by atoms with Crippen LogP contribution in [0.5, 0.6) is 0 Å². The Morgan fingerprint density at radius 1 is 0.917 bits per heavy atom. The van der Waals surface area contributed by atoms with Crippen LogP contribution >= 0.6 is 0 Å². The van der Waals surface area contributed by atoms with Crippen LogP contribution in [0.4, 0.5) is 4.79 Å². The van der Waals surface area contributed by atoms with Crippen LogP contribution in [0, 0.1) is 12.8 Å². The van der Waals surface area contributed by atoms with Crippen molar-refractivity contribution in [2.24, 2.45) is 5.92 Å². The molecule has 36 heavy (non-hydrogen) atoms. The fraction of sp³-hybridized carbons (Fsp3) is 0.483. The SMILES string of the molecule is Cc1ccc(C(=O)NC2CC2)cc1-c1ccc(C(=O)NCC2CCN(C(=O)OC(C)(C)C)CC2)cc1. The summed E-state index contributed by atoms with van der Waals surface area (Å²) in [4.78, 5) is 39.2. The summed E-state index contributed by atoms with van der Waals surface area (Å²) >= 11 is 0. The Morgan fingerprint density at radius 2 is 1.56 bits per heavy atom. The maximum atomic E-state index is 12.7. The van der Waals surface area contributed by atoms with Gasteiger partial charge in [-0.1, -0.05) is 18.2 Å². The maximum absolute atomic E-state index is 12.7. The van der Waals surface area contributed by atoms with E-state index >= 15 is 0 Å². The molecule has 2 aliphatic rings. The topological polar surface area (TPSA) is 87.7 Å². The molecule has 0 atom stereocenters. The highest BCUT2D eigenvalue weighted by Crippen LogP contribution is 2.26. The standard InChI is InChI=1S/C29H37N3O4/c1-19-5-6-23(27(34)31-24-11-12-24)17-25(19)21-7-9-22(10-8-21)26(33)30-18-20-13-15-32(16-14-20)28(35)36-29(2,3)4/h5-10,17,20,24H,11-16,18H2,1-4H3,(H,30,33)(H,31,34). The Morgan fingerprint density at radius 3 is 2.17 bits per heavy atom. The average Bonchev–Trinajstić information content (AvgIpc) is 3.66. The molecule has 2 aromatic carbocycles. The number of rotatable bonds is 6. The summed E-state index contributed by atoms with van der Waals surface area (Å²) in [6, 6.07) is 13.6. The number of carbonyl (C=O) groups excluding carboxylic acids is 3. The van der Waals surface area contributed by atoms with E-state index in [2.05, 4.69) is 10.6 Å². The van der Waals surface area contributed by atoms with Crippen LogP contribution in [0.2, 0.25) is 0 Å². The molecule has 1 aliphatic carbocycles. The van der Waals surface area contributed by atoms with Crippen LogP contribution in [0.1, 0.15) is 72.7 Å². The van der Waals surface area contributed by atoms with Crippen LogP contribution in [0.25, 0.3) is 11.1 Å². The molecular formula is C29H37N3O4. The van der Waals surface area contributed by atoms with E-state index in [0.29, 0.717) is 42.7 Å². The quantitative estimate of drug-likeness (QED) is 0.600. The van der Waals surface area contributed by atoms with Gasteiger partial charge in [-0.2, -0.15) is 0 Å². The van der Waals surface area contributed by atoms with Crippen molar-refractivity contribution in [3.8, 4) is 11.1 Å². The van der Waals surface area contributed by atoms with Gasteiger partial charge in [0.1, 0.15) is 5.60 Å². The molecule has 2 aromatic rings. The molecule has 1 heterocycles. The lowest BCUT2D eigenvalue weighted by molar-refractivity contribution is 0.0183. The number of nitrogens with zero attached hydrogens (tertiary/aromatic N) is 1. The zero-order chi connectivity index (χ0) is 25.9. The summed E-state index contributed by atoms with van der Waals surface area (Å²) in [7, 11) is 0. The maximum Gasteiger partial charge on any atom is 0.410 e. The third-order valence-corrected chi connectivity index (χ3v) is 6.69. The van der Waals surface area contributed by atoms with Crippen molar-refractivity contribution >= 4 is 17.9 Å². The predicted octanol–water partition coefficient (Wildman–Crippen LogP) is 4.93. The number of carbonyl (C=O) groups is 3. The number of benzene rings is 2. The number of hydrogen-bond donors (Lipinski definition) is 2. The van der Waals surface area contributed by atoms with Crippen molar-refractivity contribution in [2.75, 3.05) is 19.6 Å². The molecule has 1 saturated carbocycles. The van der Waals surface area contributed by atoms with Crippen molar-refractivity contribution in [3.05, 3.63) is 59.2 Å². The monoisotopic (exact) mass is 491 g/mol. The van der Waals surface area contributed by atoms with Crippen molar-refractivity contribution in [1.82, 2.24) is 15.5 Å². The Kier molecular flexibility index (Phi) is 7.67. The molecule has 7 heteroatoms. The fourth-order valence-electron chi connectivity index (χ4n) is 4.36. The molecule has 0 radical (unpaired) electrons. The van der Waals surface area contributed by atoms with Gasteiger partial charge in [-0.05, 0) is 100 Å². The lowest BCUT2D eigenvalue weighted by atomic mass is 9.96. The van der Waals surface area contributed by atoms with Crippen LogP contribution < -0.4 is 10.6 Å². The first kappa shape index (κ1) is 25.7. The minimum atomic E-state index is -0.496. The van der Waals surface area contributed by atoms with Gasteiger partial charge in [-0.25, -0.2) is 4.79 Å². The van der Waals surface area contributed by atoms with Gasteiger partial charge in [0, 0.05) is 36.8 Å². The van der Waals surface area contributed by atoms with Crippen LogP contribution in [0.15, 0.2) is 42.5 Å². The van der Waals surface area contributed by atoms with Gasteiger partial charge >= 0.3 is 6.09 Å². The van der Waals surface area contributed by atoms with Gasteiger partial charge in [0.25, 0.3) is 11.8 Å². The Balaban J connectivity index is 1.29. The third-order valence-electron chi connectivity index (χ3n) is 6.69. The summed E-state index contributed by atoms with van der Waals surface area (Å²) in [5, 5.41) is 6.08. The largest absolute Gasteiger partial charge is 0.444 e. The van der Waals surface area contributed by atoms with E-state index in [0.717, 1.165) is 42.4 Å². The van der Waals surface area contributed by atoms with Gasteiger partial charge in [0.05, 0.1) is 0 Å². The smallest absolute Gasteiger partial charge is 0.410 e. The summed E-state index contributed by atoms with van der Waals surface area (Å²) in [5.41, 5.74) is 3.80. The van der Waals surface area contributed by atoms with Gasteiger partial charge in [0.15, 0.2) is 0 Å². The zero-order valence-corrected chi connectivity index (χ0v) is 21.7. The number of amides is 3. The average molecular weight is 492 g/mol. The highest BCUT2D eigenvalue weighted by molar-refractivity contribution is 5.97. The fourth-order valence-corrected chi connectivity index (χ4v) is 4.36. The highest BCUT2D eigenvalue weighted by Gasteiger charge is 2.27. The van der Waals surface area contributed by atoms with E-state index in [1.54, 1.807) is 4.90 Å². The lowest BCUT2D eigenvalue weighted by Gasteiger charge is -2.33. The minimum Gasteiger partial charge on any atom is -0.444 e. The molecule has 0 unspecified atom stereocenters.